The quantitative estimate of drug-likeness (QED) is 0.943. The number of anilines is 1. The largest absolute Gasteiger partial charge is 0.487 e. The van der Waals surface area contributed by atoms with Crippen molar-refractivity contribution in [1.82, 2.24) is 9.88 Å². The summed E-state index contributed by atoms with van der Waals surface area (Å²) in [7, 11) is 0. The van der Waals surface area contributed by atoms with E-state index in [1.807, 2.05) is 24.3 Å². The number of para-hydroxylation sites is 1. The number of amides is 2. The molecule has 1 aliphatic rings. The zero-order valence-electron chi connectivity index (χ0n) is 11.9. The van der Waals surface area contributed by atoms with Crippen LogP contribution < -0.4 is 10.1 Å². The zero-order chi connectivity index (χ0) is 15.4. The summed E-state index contributed by atoms with van der Waals surface area (Å²) < 4.78 is 5.82. The maximum Gasteiger partial charge on any atom is 0.322 e. The van der Waals surface area contributed by atoms with Gasteiger partial charge in [-0.1, -0.05) is 23.7 Å². The molecule has 3 rings (SSSR count). The van der Waals surface area contributed by atoms with Crippen LogP contribution in [0.4, 0.5) is 10.5 Å². The number of rotatable bonds is 3. The summed E-state index contributed by atoms with van der Waals surface area (Å²) in [6.45, 7) is 1.20. The van der Waals surface area contributed by atoms with Crippen LogP contribution >= 0.6 is 11.6 Å². The minimum Gasteiger partial charge on any atom is -0.487 e. The van der Waals surface area contributed by atoms with Crippen LogP contribution in [0.15, 0.2) is 48.8 Å². The van der Waals surface area contributed by atoms with E-state index in [2.05, 4.69) is 10.3 Å². The standard InChI is InChI=1S/C16H16ClN3O2/c17-14-5-1-2-6-15(14)19-16(21)20-9-7-13(11-20)22-12-4-3-8-18-10-12/h1-6,8,10,13H,7,9,11H2,(H,19,21)/t13-/m0/s1. The van der Waals surface area contributed by atoms with Gasteiger partial charge in [-0.05, 0) is 24.3 Å². The smallest absolute Gasteiger partial charge is 0.322 e. The first-order chi connectivity index (χ1) is 10.7. The molecule has 1 aromatic carbocycles. The van der Waals surface area contributed by atoms with Crippen LogP contribution in [0.1, 0.15) is 6.42 Å². The number of halogens is 1. The molecule has 5 nitrogen and oxygen atoms in total. The maximum atomic E-state index is 12.3. The predicted octanol–water partition coefficient (Wildman–Crippen LogP) is 3.42. The summed E-state index contributed by atoms with van der Waals surface area (Å²) in [6.07, 6.45) is 4.16. The van der Waals surface area contributed by atoms with E-state index in [-0.39, 0.29) is 12.1 Å². The Morgan fingerprint density at radius 2 is 2.18 bits per heavy atom. The average Bonchev–Trinajstić information content (AvgIpc) is 2.99. The number of likely N-dealkylation sites (tertiary alicyclic amines) is 1. The summed E-state index contributed by atoms with van der Waals surface area (Å²) in [6, 6.07) is 10.7. The Bertz CT molecular complexity index is 651. The summed E-state index contributed by atoms with van der Waals surface area (Å²) in [5, 5.41) is 3.35. The molecule has 22 heavy (non-hydrogen) atoms. The Hall–Kier alpha value is -2.27. The van der Waals surface area contributed by atoms with Gasteiger partial charge in [-0.15, -0.1) is 0 Å². The van der Waals surface area contributed by atoms with Crippen LogP contribution in [0.25, 0.3) is 0 Å². The molecule has 2 aromatic rings. The molecule has 114 valence electrons. The summed E-state index contributed by atoms with van der Waals surface area (Å²) >= 11 is 6.05. The third-order valence-electron chi connectivity index (χ3n) is 3.48. The lowest BCUT2D eigenvalue weighted by Crippen LogP contribution is -2.34. The number of hydrogen-bond donors (Lipinski definition) is 1. The molecular formula is C16H16ClN3O2. The Labute approximate surface area is 133 Å². The van der Waals surface area contributed by atoms with Crippen molar-refractivity contribution in [2.24, 2.45) is 0 Å². The first-order valence-corrected chi connectivity index (χ1v) is 7.47. The molecule has 2 amide bonds. The molecule has 1 N–H and O–H groups in total. The molecule has 2 heterocycles. The van der Waals surface area contributed by atoms with Crippen LogP contribution in [0.2, 0.25) is 5.02 Å². The normalized spacial score (nSPS) is 17.3. The number of aromatic nitrogens is 1. The van der Waals surface area contributed by atoms with Gasteiger partial charge in [0, 0.05) is 19.2 Å². The van der Waals surface area contributed by atoms with Gasteiger partial charge in [-0.3, -0.25) is 4.98 Å². The predicted molar refractivity (Wildman–Crippen MR) is 85.3 cm³/mol. The first kappa shape index (κ1) is 14.7. The van der Waals surface area contributed by atoms with Gasteiger partial charge in [-0.2, -0.15) is 0 Å². The summed E-state index contributed by atoms with van der Waals surface area (Å²) in [4.78, 5) is 18.0. The fourth-order valence-corrected chi connectivity index (χ4v) is 2.56. The van der Waals surface area contributed by atoms with Crippen LogP contribution in [-0.2, 0) is 0 Å². The van der Waals surface area contributed by atoms with Crippen molar-refractivity contribution >= 4 is 23.3 Å². The third-order valence-corrected chi connectivity index (χ3v) is 3.81. The lowest BCUT2D eigenvalue weighted by atomic mass is 10.3. The third kappa shape index (κ3) is 3.49. The van der Waals surface area contributed by atoms with Crippen molar-refractivity contribution < 1.29 is 9.53 Å². The van der Waals surface area contributed by atoms with E-state index in [1.54, 1.807) is 29.4 Å². The number of pyridine rings is 1. The van der Waals surface area contributed by atoms with E-state index in [9.17, 15) is 4.79 Å². The van der Waals surface area contributed by atoms with E-state index in [0.717, 1.165) is 12.2 Å². The van der Waals surface area contributed by atoms with E-state index in [1.165, 1.54) is 0 Å². The van der Waals surface area contributed by atoms with Gasteiger partial charge in [0.15, 0.2) is 0 Å². The van der Waals surface area contributed by atoms with Crippen molar-refractivity contribution in [1.29, 1.82) is 0 Å². The minimum atomic E-state index is -0.162. The summed E-state index contributed by atoms with van der Waals surface area (Å²) in [5.41, 5.74) is 0.616. The minimum absolute atomic E-state index is 0.0128. The zero-order valence-corrected chi connectivity index (χ0v) is 12.7. The van der Waals surface area contributed by atoms with Gasteiger partial charge in [0.25, 0.3) is 0 Å². The highest BCUT2D eigenvalue weighted by Gasteiger charge is 2.27. The van der Waals surface area contributed by atoms with E-state index in [4.69, 9.17) is 16.3 Å². The van der Waals surface area contributed by atoms with E-state index in [0.29, 0.717) is 23.8 Å². The van der Waals surface area contributed by atoms with Gasteiger partial charge in [0.2, 0.25) is 0 Å². The molecule has 1 fully saturated rings. The van der Waals surface area contributed by atoms with Gasteiger partial charge in [0.05, 0.1) is 23.5 Å². The average molecular weight is 318 g/mol. The van der Waals surface area contributed by atoms with Gasteiger partial charge in [0.1, 0.15) is 11.9 Å². The highest BCUT2D eigenvalue weighted by atomic mass is 35.5. The van der Waals surface area contributed by atoms with Crippen LogP contribution in [0, 0.1) is 0 Å². The Balaban J connectivity index is 1.56. The number of hydrogen-bond acceptors (Lipinski definition) is 3. The second kappa shape index (κ2) is 6.66. The molecule has 1 atom stereocenters. The SMILES string of the molecule is O=C(Nc1ccccc1Cl)N1CC[C@H](Oc2cccnc2)C1. The van der Waals surface area contributed by atoms with Crippen molar-refractivity contribution in [2.45, 2.75) is 12.5 Å². The molecule has 0 aliphatic carbocycles. The van der Waals surface area contributed by atoms with Crippen molar-refractivity contribution in [3.63, 3.8) is 0 Å². The Morgan fingerprint density at radius 3 is 2.95 bits per heavy atom. The van der Waals surface area contributed by atoms with Crippen molar-refractivity contribution in [2.75, 3.05) is 18.4 Å². The lowest BCUT2D eigenvalue weighted by Gasteiger charge is -2.18. The van der Waals surface area contributed by atoms with Gasteiger partial charge >= 0.3 is 6.03 Å². The molecule has 0 spiro atoms. The maximum absolute atomic E-state index is 12.3. The molecule has 0 bridgehead atoms. The van der Waals surface area contributed by atoms with Gasteiger partial charge in [-0.25, -0.2) is 4.79 Å². The number of urea groups is 1. The number of nitrogens with one attached hydrogen (secondary N) is 1. The Morgan fingerprint density at radius 1 is 1.32 bits per heavy atom. The molecule has 1 aliphatic heterocycles. The molecule has 0 saturated carbocycles. The van der Waals surface area contributed by atoms with Crippen LogP contribution in [0.3, 0.4) is 0 Å². The molecule has 1 saturated heterocycles. The van der Waals surface area contributed by atoms with E-state index >= 15 is 0 Å². The number of nitrogens with zero attached hydrogens (tertiary/aromatic N) is 2. The highest BCUT2D eigenvalue weighted by Crippen LogP contribution is 2.22. The van der Waals surface area contributed by atoms with Gasteiger partial charge < -0.3 is 15.0 Å². The Kier molecular flexibility index (Phi) is 4.44. The lowest BCUT2D eigenvalue weighted by molar-refractivity contribution is 0.194. The van der Waals surface area contributed by atoms with Crippen molar-refractivity contribution in [3.05, 3.63) is 53.8 Å². The number of ether oxygens (including phenoxy) is 1. The molecule has 0 unspecified atom stereocenters. The van der Waals surface area contributed by atoms with E-state index < -0.39 is 0 Å². The van der Waals surface area contributed by atoms with Crippen molar-refractivity contribution in [3.8, 4) is 5.75 Å². The first-order valence-electron chi connectivity index (χ1n) is 7.09. The molecule has 0 radical (unpaired) electrons. The number of carbonyl (C=O) groups is 1. The fraction of sp³-hybridized carbons (Fsp3) is 0.250. The molecule has 6 heteroatoms. The van der Waals surface area contributed by atoms with Crippen LogP contribution in [0.5, 0.6) is 5.75 Å². The molecule has 1 aromatic heterocycles. The molecular weight excluding hydrogens is 302 g/mol. The number of benzene rings is 1. The fourth-order valence-electron chi connectivity index (χ4n) is 2.37. The second-order valence-electron chi connectivity index (χ2n) is 5.07. The highest BCUT2D eigenvalue weighted by molar-refractivity contribution is 6.33. The summed E-state index contributed by atoms with van der Waals surface area (Å²) in [5.74, 6) is 0.723. The van der Waals surface area contributed by atoms with Crippen LogP contribution in [-0.4, -0.2) is 35.1 Å². The topological polar surface area (TPSA) is 54.5 Å². The second-order valence-corrected chi connectivity index (χ2v) is 5.48. The monoisotopic (exact) mass is 317 g/mol. The number of carbonyl (C=O) groups excluding carboxylic acids is 1.